The Balaban J connectivity index is 1.90. The fourth-order valence-electron chi connectivity index (χ4n) is 2.88. The number of benzene rings is 1. The number of nitrogens with one attached hydrogen (secondary N) is 1. The number of hydrogen-bond acceptors (Lipinski definition) is 4. The largest absolute Gasteiger partial charge is 0.492 e. The molecule has 1 aromatic carbocycles. The predicted molar refractivity (Wildman–Crippen MR) is 82.6 cm³/mol. The van der Waals surface area contributed by atoms with Gasteiger partial charge in [-0.15, -0.1) is 0 Å². The standard InChI is InChI=1S/C17H21N3O/c1-4-18-11(2)14-9-19-17(20-12(14)3)15-10-21-16-8-6-5-7-13(15)16/h5-9,11,15,18H,4,10H2,1-3H3. The van der Waals surface area contributed by atoms with Gasteiger partial charge < -0.3 is 10.1 Å². The minimum atomic E-state index is 0.142. The lowest BCUT2D eigenvalue weighted by Crippen LogP contribution is -2.20. The van der Waals surface area contributed by atoms with E-state index in [1.807, 2.05) is 24.4 Å². The van der Waals surface area contributed by atoms with Crippen molar-refractivity contribution in [2.75, 3.05) is 13.2 Å². The maximum atomic E-state index is 5.73. The topological polar surface area (TPSA) is 47.0 Å². The van der Waals surface area contributed by atoms with Crippen LogP contribution in [0.3, 0.4) is 0 Å². The van der Waals surface area contributed by atoms with E-state index in [0.717, 1.165) is 29.4 Å². The highest BCUT2D eigenvalue weighted by Gasteiger charge is 2.28. The van der Waals surface area contributed by atoms with E-state index in [0.29, 0.717) is 6.61 Å². The molecule has 2 heterocycles. The summed E-state index contributed by atoms with van der Waals surface area (Å²) in [6.07, 6.45) is 1.95. The van der Waals surface area contributed by atoms with E-state index in [9.17, 15) is 0 Å². The van der Waals surface area contributed by atoms with E-state index in [-0.39, 0.29) is 12.0 Å². The Hall–Kier alpha value is -1.94. The van der Waals surface area contributed by atoms with Crippen molar-refractivity contribution in [2.45, 2.75) is 32.7 Å². The molecule has 110 valence electrons. The van der Waals surface area contributed by atoms with Crippen molar-refractivity contribution in [3.05, 3.63) is 53.1 Å². The lowest BCUT2D eigenvalue weighted by molar-refractivity contribution is 0.339. The molecule has 0 bridgehead atoms. The maximum absolute atomic E-state index is 5.73. The molecule has 1 aromatic heterocycles. The van der Waals surface area contributed by atoms with Crippen molar-refractivity contribution in [3.63, 3.8) is 0 Å². The number of para-hydroxylation sites is 1. The smallest absolute Gasteiger partial charge is 0.139 e. The highest BCUT2D eigenvalue weighted by Crippen LogP contribution is 2.36. The lowest BCUT2D eigenvalue weighted by Gasteiger charge is -2.16. The molecule has 1 aliphatic heterocycles. The summed E-state index contributed by atoms with van der Waals surface area (Å²) in [5, 5.41) is 3.40. The first kappa shape index (κ1) is 14.0. The molecular formula is C17H21N3O. The zero-order valence-corrected chi connectivity index (χ0v) is 12.8. The van der Waals surface area contributed by atoms with Gasteiger partial charge in [0.15, 0.2) is 0 Å². The van der Waals surface area contributed by atoms with Gasteiger partial charge in [-0.05, 0) is 26.5 Å². The number of ether oxygens (including phenoxy) is 1. The Morgan fingerprint density at radius 2 is 2.19 bits per heavy atom. The molecular weight excluding hydrogens is 262 g/mol. The first-order valence-electron chi connectivity index (χ1n) is 7.49. The molecule has 0 fully saturated rings. The summed E-state index contributed by atoms with van der Waals surface area (Å²) >= 11 is 0. The second-order valence-corrected chi connectivity index (χ2v) is 5.45. The highest BCUT2D eigenvalue weighted by molar-refractivity contribution is 5.43. The van der Waals surface area contributed by atoms with Gasteiger partial charge in [-0.3, -0.25) is 0 Å². The van der Waals surface area contributed by atoms with E-state index < -0.39 is 0 Å². The molecule has 0 saturated carbocycles. The van der Waals surface area contributed by atoms with Gasteiger partial charge in [0.1, 0.15) is 18.2 Å². The number of aromatic nitrogens is 2. The average Bonchev–Trinajstić information content (AvgIpc) is 2.91. The van der Waals surface area contributed by atoms with E-state index >= 15 is 0 Å². The van der Waals surface area contributed by atoms with Crippen LogP contribution in [0.15, 0.2) is 30.5 Å². The monoisotopic (exact) mass is 283 g/mol. The summed E-state index contributed by atoms with van der Waals surface area (Å²) in [5.74, 6) is 1.95. The van der Waals surface area contributed by atoms with Crippen molar-refractivity contribution in [2.24, 2.45) is 0 Å². The molecule has 1 N–H and O–H groups in total. The molecule has 21 heavy (non-hydrogen) atoms. The van der Waals surface area contributed by atoms with E-state index in [1.54, 1.807) is 0 Å². The number of rotatable bonds is 4. The first-order valence-corrected chi connectivity index (χ1v) is 7.49. The normalized spacial score (nSPS) is 18.1. The van der Waals surface area contributed by atoms with Crippen LogP contribution in [0.1, 0.15) is 48.5 Å². The molecule has 2 atom stereocenters. The number of nitrogens with zero attached hydrogens (tertiary/aromatic N) is 2. The van der Waals surface area contributed by atoms with Gasteiger partial charge in [0.05, 0.1) is 5.92 Å². The zero-order chi connectivity index (χ0) is 14.8. The van der Waals surface area contributed by atoms with Gasteiger partial charge in [-0.25, -0.2) is 9.97 Å². The van der Waals surface area contributed by atoms with Gasteiger partial charge in [0, 0.05) is 29.1 Å². The number of hydrogen-bond donors (Lipinski definition) is 1. The Morgan fingerprint density at radius 1 is 1.38 bits per heavy atom. The van der Waals surface area contributed by atoms with E-state index in [1.165, 1.54) is 5.56 Å². The third-order valence-corrected chi connectivity index (χ3v) is 4.02. The quantitative estimate of drug-likeness (QED) is 0.937. The minimum Gasteiger partial charge on any atom is -0.492 e. The summed E-state index contributed by atoms with van der Waals surface area (Å²) in [6, 6.07) is 8.41. The van der Waals surface area contributed by atoms with Gasteiger partial charge in [0.2, 0.25) is 0 Å². The summed E-state index contributed by atoms with van der Waals surface area (Å²) in [7, 11) is 0. The van der Waals surface area contributed by atoms with Crippen LogP contribution in [-0.4, -0.2) is 23.1 Å². The van der Waals surface area contributed by atoms with Gasteiger partial charge in [-0.1, -0.05) is 25.1 Å². The second-order valence-electron chi connectivity index (χ2n) is 5.45. The maximum Gasteiger partial charge on any atom is 0.139 e. The molecule has 2 unspecified atom stereocenters. The Labute approximate surface area is 125 Å². The van der Waals surface area contributed by atoms with Crippen LogP contribution < -0.4 is 10.1 Å². The lowest BCUT2D eigenvalue weighted by atomic mass is 10.00. The summed E-state index contributed by atoms with van der Waals surface area (Å²) in [5.41, 5.74) is 3.38. The van der Waals surface area contributed by atoms with Crippen molar-refractivity contribution in [1.29, 1.82) is 0 Å². The van der Waals surface area contributed by atoms with Crippen molar-refractivity contribution >= 4 is 0 Å². The van der Waals surface area contributed by atoms with Gasteiger partial charge in [0.25, 0.3) is 0 Å². The van der Waals surface area contributed by atoms with E-state index in [4.69, 9.17) is 9.72 Å². The van der Waals surface area contributed by atoms with Gasteiger partial charge in [-0.2, -0.15) is 0 Å². The molecule has 0 amide bonds. The second kappa shape index (κ2) is 5.82. The Bertz CT molecular complexity index is 642. The molecule has 2 aromatic rings. The van der Waals surface area contributed by atoms with Crippen LogP contribution in [0, 0.1) is 6.92 Å². The van der Waals surface area contributed by atoms with Crippen LogP contribution in [0.5, 0.6) is 5.75 Å². The summed E-state index contributed by atoms with van der Waals surface area (Å²) in [6.45, 7) is 7.86. The molecule has 3 rings (SSSR count). The Kier molecular flexibility index (Phi) is 3.88. The van der Waals surface area contributed by atoms with Crippen LogP contribution in [0.2, 0.25) is 0 Å². The molecule has 1 aliphatic rings. The molecule has 0 radical (unpaired) electrons. The fourth-order valence-corrected chi connectivity index (χ4v) is 2.88. The third-order valence-electron chi connectivity index (χ3n) is 4.02. The van der Waals surface area contributed by atoms with Gasteiger partial charge >= 0.3 is 0 Å². The Morgan fingerprint density at radius 3 is 2.95 bits per heavy atom. The number of aryl methyl sites for hydroxylation is 1. The molecule has 0 saturated heterocycles. The molecule has 0 aliphatic carbocycles. The highest BCUT2D eigenvalue weighted by atomic mass is 16.5. The molecule has 4 heteroatoms. The van der Waals surface area contributed by atoms with Crippen molar-refractivity contribution < 1.29 is 4.74 Å². The number of fused-ring (bicyclic) bond motifs is 1. The van der Waals surface area contributed by atoms with Crippen LogP contribution >= 0.6 is 0 Å². The SMILES string of the molecule is CCNC(C)c1cnc(C2COc3ccccc32)nc1C. The van der Waals surface area contributed by atoms with Crippen molar-refractivity contribution in [1.82, 2.24) is 15.3 Å². The fraction of sp³-hybridized carbons (Fsp3) is 0.412. The first-order chi connectivity index (χ1) is 10.2. The predicted octanol–water partition coefficient (Wildman–Crippen LogP) is 2.98. The van der Waals surface area contributed by atoms with Crippen molar-refractivity contribution in [3.8, 4) is 5.75 Å². The molecule has 4 nitrogen and oxygen atoms in total. The van der Waals surface area contributed by atoms with Crippen LogP contribution in [-0.2, 0) is 0 Å². The summed E-state index contributed by atoms with van der Waals surface area (Å²) in [4.78, 5) is 9.32. The van der Waals surface area contributed by atoms with Crippen LogP contribution in [0.4, 0.5) is 0 Å². The zero-order valence-electron chi connectivity index (χ0n) is 12.8. The van der Waals surface area contributed by atoms with Crippen LogP contribution in [0.25, 0.3) is 0 Å². The summed E-state index contributed by atoms with van der Waals surface area (Å²) < 4.78 is 5.73. The third kappa shape index (κ3) is 2.63. The average molecular weight is 283 g/mol. The van der Waals surface area contributed by atoms with E-state index in [2.05, 4.69) is 37.1 Å². The molecule has 0 spiro atoms. The minimum absolute atomic E-state index is 0.142.